The van der Waals surface area contributed by atoms with Gasteiger partial charge in [0.05, 0.1) is 17.0 Å². The number of halogens is 1. The van der Waals surface area contributed by atoms with Gasteiger partial charge in [-0.25, -0.2) is 9.97 Å². The van der Waals surface area contributed by atoms with Gasteiger partial charge < -0.3 is 20.7 Å². The van der Waals surface area contributed by atoms with E-state index >= 15 is 0 Å². The van der Waals surface area contributed by atoms with Crippen molar-refractivity contribution in [1.82, 2.24) is 19.9 Å². The fourth-order valence-electron chi connectivity index (χ4n) is 3.69. The molecule has 1 amide bonds. The van der Waals surface area contributed by atoms with Crippen molar-refractivity contribution in [1.29, 1.82) is 0 Å². The Bertz CT molecular complexity index is 1040. The summed E-state index contributed by atoms with van der Waals surface area (Å²) < 4.78 is 2.00. The normalized spacial score (nSPS) is 13.3. The van der Waals surface area contributed by atoms with E-state index in [2.05, 4.69) is 15.3 Å². The number of benzene rings is 1. The van der Waals surface area contributed by atoms with Crippen LogP contribution in [0.25, 0.3) is 11.4 Å². The van der Waals surface area contributed by atoms with Gasteiger partial charge in [0.2, 0.25) is 5.95 Å². The van der Waals surface area contributed by atoms with Gasteiger partial charge in [-0.1, -0.05) is 11.6 Å². The smallest absolute Gasteiger partial charge is 0.253 e. The highest BCUT2D eigenvalue weighted by atomic mass is 35.5. The van der Waals surface area contributed by atoms with Crippen LogP contribution in [-0.4, -0.2) is 32.1 Å². The third kappa shape index (κ3) is 3.10. The van der Waals surface area contributed by atoms with Gasteiger partial charge in [0.25, 0.3) is 5.91 Å². The van der Waals surface area contributed by atoms with Crippen molar-refractivity contribution in [3.05, 3.63) is 57.9 Å². The highest BCUT2D eigenvalue weighted by molar-refractivity contribution is 6.30. The van der Waals surface area contributed by atoms with E-state index in [0.717, 1.165) is 28.9 Å². The number of phenols is 1. The first-order valence-electron chi connectivity index (χ1n) is 8.50. The molecule has 8 heteroatoms. The third-order valence-corrected chi connectivity index (χ3v) is 4.95. The zero-order valence-corrected chi connectivity index (χ0v) is 15.4. The number of fused-ring (bicyclic) bond motifs is 1. The summed E-state index contributed by atoms with van der Waals surface area (Å²) in [6.45, 7) is 0.590. The Labute approximate surface area is 160 Å². The van der Waals surface area contributed by atoms with Crippen LogP contribution in [0.15, 0.2) is 30.5 Å². The number of rotatable bonds is 3. The molecule has 0 saturated heterocycles. The van der Waals surface area contributed by atoms with Crippen LogP contribution in [0.5, 0.6) is 5.75 Å². The number of aromatic hydroxyl groups is 1. The van der Waals surface area contributed by atoms with Crippen LogP contribution in [0.4, 0.5) is 5.95 Å². The van der Waals surface area contributed by atoms with Crippen LogP contribution in [0, 0.1) is 0 Å². The van der Waals surface area contributed by atoms with Crippen molar-refractivity contribution in [2.75, 3.05) is 12.3 Å². The minimum atomic E-state index is -0.110. The summed E-state index contributed by atoms with van der Waals surface area (Å²) in [5, 5.41) is 13.2. The van der Waals surface area contributed by atoms with Crippen LogP contribution in [-0.2, 0) is 19.9 Å². The molecule has 4 N–H and O–H groups in total. The number of carbonyl (C=O) groups excluding carboxylic acids is 1. The lowest BCUT2D eigenvalue weighted by Gasteiger charge is -2.15. The van der Waals surface area contributed by atoms with Gasteiger partial charge in [0, 0.05) is 43.3 Å². The van der Waals surface area contributed by atoms with E-state index in [-0.39, 0.29) is 17.6 Å². The molecule has 4 rings (SSSR count). The maximum absolute atomic E-state index is 12.6. The van der Waals surface area contributed by atoms with Crippen molar-refractivity contribution in [2.45, 2.75) is 12.8 Å². The quantitative estimate of drug-likeness (QED) is 0.643. The predicted molar refractivity (Wildman–Crippen MR) is 103 cm³/mol. The van der Waals surface area contributed by atoms with Gasteiger partial charge in [-0.05, 0) is 35.4 Å². The monoisotopic (exact) mass is 383 g/mol. The average molecular weight is 384 g/mol. The van der Waals surface area contributed by atoms with Gasteiger partial charge in [-0.15, -0.1) is 0 Å². The second-order valence-corrected chi connectivity index (χ2v) is 6.94. The highest BCUT2D eigenvalue weighted by Gasteiger charge is 2.29. The zero-order chi connectivity index (χ0) is 19.1. The molecule has 2 aromatic heterocycles. The number of anilines is 1. The first-order valence-corrected chi connectivity index (χ1v) is 8.88. The summed E-state index contributed by atoms with van der Waals surface area (Å²) in [6.07, 6.45) is 2.74. The molecule has 0 radical (unpaired) electrons. The van der Waals surface area contributed by atoms with Crippen molar-refractivity contribution < 1.29 is 9.90 Å². The SMILES string of the molecule is Cn1c2c(c(Cc3cc(O)cc(Cl)c3)c1-c1ccnc(N)n1)C(=O)NCC2. The molecule has 7 nitrogen and oxygen atoms in total. The molecule has 27 heavy (non-hydrogen) atoms. The zero-order valence-electron chi connectivity index (χ0n) is 14.7. The van der Waals surface area contributed by atoms with Crippen molar-refractivity contribution >= 4 is 23.5 Å². The standard InChI is InChI=1S/C19H18ClN5O2/c1-25-15-3-5-22-18(27)16(15)13(8-10-6-11(20)9-12(26)7-10)17(25)14-2-4-23-19(21)24-14/h2,4,6-7,9,26H,3,5,8H2,1H3,(H,22,27)(H2,21,23,24). The number of nitrogen functional groups attached to an aromatic ring is 1. The average Bonchev–Trinajstić information content (AvgIpc) is 2.87. The summed E-state index contributed by atoms with van der Waals surface area (Å²) in [7, 11) is 1.92. The number of hydrogen-bond acceptors (Lipinski definition) is 5. The Balaban J connectivity index is 1.94. The van der Waals surface area contributed by atoms with Crippen molar-refractivity contribution in [3.8, 4) is 17.1 Å². The molecule has 0 atom stereocenters. The Kier molecular flexibility index (Phi) is 4.24. The van der Waals surface area contributed by atoms with Crippen LogP contribution >= 0.6 is 11.6 Å². The van der Waals surface area contributed by atoms with Crippen molar-refractivity contribution in [3.63, 3.8) is 0 Å². The molecule has 1 aromatic carbocycles. The van der Waals surface area contributed by atoms with E-state index in [0.29, 0.717) is 29.2 Å². The molecule has 0 saturated carbocycles. The van der Waals surface area contributed by atoms with Crippen LogP contribution in [0.1, 0.15) is 27.2 Å². The Morgan fingerprint density at radius 2 is 2.19 bits per heavy atom. The minimum Gasteiger partial charge on any atom is -0.508 e. The molecule has 3 aromatic rings. The first-order chi connectivity index (χ1) is 12.9. The van der Waals surface area contributed by atoms with E-state index in [4.69, 9.17) is 17.3 Å². The lowest BCUT2D eigenvalue weighted by atomic mass is 9.96. The Morgan fingerprint density at radius 3 is 2.93 bits per heavy atom. The molecule has 1 aliphatic heterocycles. The van der Waals surface area contributed by atoms with E-state index < -0.39 is 0 Å². The maximum atomic E-state index is 12.6. The number of carbonyl (C=O) groups is 1. The number of nitrogens with zero attached hydrogens (tertiary/aromatic N) is 3. The second-order valence-electron chi connectivity index (χ2n) is 6.51. The van der Waals surface area contributed by atoms with Crippen molar-refractivity contribution in [2.24, 2.45) is 7.05 Å². The molecule has 0 aliphatic carbocycles. The number of hydrogen-bond donors (Lipinski definition) is 3. The number of aromatic nitrogens is 3. The summed E-state index contributed by atoms with van der Waals surface area (Å²) in [5.74, 6) is 0.142. The van der Waals surface area contributed by atoms with E-state index in [1.165, 1.54) is 6.07 Å². The lowest BCUT2D eigenvalue weighted by Crippen LogP contribution is -2.32. The summed E-state index contributed by atoms with van der Waals surface area (Å²) in [4.78, 5) is 20.9. The van der Waals surface area contributed by atoms with Gasteiger partial charge in [-0.2, -0.15) is 0 Å². The van der Waals surface area contributed by atoms with E-state index in [1.807, 2.05) is 11.6 Å². The van der Waals surface area contributed by atoms with Crippen LogP contribution in [0.3, 0.4) is 0 Å². The molecule has 138 valence electrons. The minimum absolute atomic E-state index is 0.0829. The summed E-state index contributed by atoms with van der Waals surface area (Å²) in [5.41, 5.74) is 10.5. The van der Waals surface area contributed by atoms with Gasteiger partial charge in [0.15, 0.2) is 0 Å². The molecule has 0 unspecified atom stereocenters. The fourth-order valence-corrected chi connectivity index (χ4v) is 3.94. The van der Waals surface area contributed by atoms with Crippen LogP contribution in [0.2, 0.25) is 5.02 Å². The molecular formula is C19H18ClN5O2. The predicted octanol–water partition coefficient (Wildman–Crippen LogP) is 2.30. The van der Waals surface area contributed by atoms with E-state index in [9.17, 15) is 9.90 Å². The Morgan fingerprint density at radius 1 is 1.37 bits per heavy atom. The number of amides is 1. The topological polar surface area (TPSA) is 106 Å². The highest BCUT2D eigenvalue weighted by Crippen LogP contribution is 2.34. The lowest BCUT2D eigenvalue weighted by molar-refractivity contribution is 0.0944. The number of nitrogens with two attached hydrogens (primary N) is 1. The third-order valence-electron chi connectivity index (χ3n) is 4.73. The Hall–Kier alpha value is -3.06. The van der Waals surface area contributed by atoms with Gasteiger partial charge in [-0.3, -0.25) is 4.79 Å². The molecule has 1 aliphatic rings. The molecule has 0 fully saturated rings. The molecule has 3 heterocycles. The van der Waals surface area contributed by atoms with Gasteiger partial charge >= 0.3 is 0 Å². The number of phenolic OH excluding ortho intramolecular Hbond substituents is 1. The first kappa shape index (κ1) is 17.4. The molecule has 0 bridgehead atoms. The van der Waals surface area contributed by atoms with Gasteiger partial charge in [0.1, 0.15) is 5.75 Å². The fraction of sp³-hybridized carbons (Fsp3) is 0.211. The van der Waals surface area contributed by atoms with Crippen LogP contribution < -0.4 is 11.1 Å². The summed E-state index contributed by atoms with van der Waals surface area (Å²) >= 11 is 6.09. The number of nitrogens with one attached hydrogen (secondary N) is 1. The maximum Gasteiger partial charge on any atom is 0.253 e. The molecular weight excluding hydrogens is 366 g/mol. The molecule has 0 spiro atoms. The summed E-state index contributed by atoms with van der Waals surface area (Å²) in [6, 6.07) is 6.67. The largest absolute Gasteiger partial charge is 0.508 e. The second kappa shape index (κ2) is 6.59. The van der Waals surface area contributed by atoms with E-state index in [1.54, 1.807) is 24.4 Å².